The molecule has 0 saturated heterocycles. The summed E-state index contributed by atoms with van der Waals surface area (Å²) >= 11 is 7.41. The molecule has 1 aromatic heterocycles. The zero-order valence-corrected chi connectivity index (χ0v) is 12.5. The van der Waals surface area contributed by atoms with Crippen LogP contribution in [0.1, 0.15) is 37.6 Å². The summed E-state index contributed by atoms with van der Waals surface area (Å²) < 4.78 is 0.755. The molecule has 5 heteroatoms. The third kappa shape index (κ3) is 3.18. The summed E-state index contributed by atoms with van der Waals surface area (Å²) in [4.78, 5) is 15.0. The maximum Gasteiger partial charge on any atom is 0.317 e. The lowest BCUT2D eigenvalue weighted by molar-refractivity contribution is 0.185. The van der Waals surface area contributed by atoms with Crippen LogP contribution >= 0.6 is 22.9 Å². The fraction of sp³-hybridized carbons (Fsp3) is 0.615. The highest BCUT2D eigenvalue weighted by atomic mass is 35.5. The van der Waals surface area contributed by atoms with Crippen LogP contribution in [0, 0.1) is 5.92 Å². The van der Waals surface area contributed by atoms with Gasteiger partial charge in [-0.15, -0.1) is 11.3 Å². The molecule has 1 aliphatic carbocycles. The number of urea groups is 1. The summed E-state index contributed by atoms with van der Waals surface area (Å²) in [6.45, 7) is 4.10. The van der Waals surface area contributed by atoms with E-state index in [1.807, 2.05) is 31.0 Å². The Labute approximate surface area is 117 Å². The highest BCUT2D eigenvalue weighted by Gasteiger charge is 2.32. The first kappa shape index (κ1) is 13.7. The third-order valence-corrected chi connectivity index (χ3v) is 5.01. The highest BCUT2D eigenvalue weighted by Crippen LogP contribution is 2.34. The van der Waals surface area contributed by atoms with Crippen molar-refractivity contribution < 1.29 is 4.79 Å². The van der Waals surface area contributed by atoms with Crippen LogP contribution in [0.4, 0.5) is 4.79 Å². The van der Waals surface area contributed by atoms with Crippen molar-refractivity contribution in [2.45, 2.75) is 38.8 Å². The van der Waals surface area contributed by atoms with Crippen LogP contribution in [0.15, 0.2) is 12.1 Å². The Balaban J connectivity index is 1.90. The van der Waals surface area contributed by atoms with Crippen molar-refractivity contribution in [1.82, 2.24) is 10.2 Å². The standard InChI is InChI=1S/C13H19ClN2OS/c1-8(11-6-7-12(14)18-11)15-13(17)16(3)9(2)10-4-5-10/h6-10H,4-5H2,1-3H3,(H,15,17). The number of nitrogens with one attached hydrogen (secondary N) is 1. The summed E-state index contributed by atoms with van der Waals surface area (Å²) in [7, 11) is 1.87. The Bertz CT molecular complexity index is 430. The van der Waals surface area contributed by atoms with E-state index in [1.54, 1.807) is 0 Å². The molecule has 0 spiro atoms. The number of halogens is 1. The molecule has 0 aliphatic heterocycles. The number of carbonyl (C=O) groups is 1. The average Bonchev–Trinajstić information content (AvgIpc) is 3.09. The quantitative estimate of drug-likeness (QED) is 0.894. The molecule has 1 saturated carbocycles. The molecule has 100 valence electrons. The predicted molar refractivity (Wildman–Crippen MR) is 76.2 cm³/mol. The minimum Gasteiger partial charge on any atom is -0.331 e. The van der Waals surface area contributed by atoms with Gasteiger partial charge in [-0.2, -0.15) is 0 Å². The van der Waals surface area contributed by atoms with Gasteiger partial charge in [0.25, 0.3) is 0 Å². The second-order valence-electron chi connectivity index (χ2n) is 5.00. The van der Waals surface area contributed by atoms with Crippen molar-refractivity contribution in [2.75, 3.05) is 7.05 Å². The first-order valence-electron chi connectivity index (χ1n) is 6.27. The summed E-state index contributed by atoms with van der Waals surface area (Å²) in [6, 6.07) is 4.14. The van der Waals surface area contributed by atoms with Crippen molar-refractivity contribution in [3.05, 3.63) is 21.3 Å². The topological polar surface area (TPSA) is 32.3 Å². The maximum absolute atomic E-state index is 12.1. The molecule has 2 amide bonds. The molecular formula is C13H19ClN2OS. The molecule has 1 aliphatic rings. The van der Waals surface area contributed by atoms with Gasteiger partial charge in [-0.05, 0) is 44.7 Å². The molecular weight excluding hydrogens is 268 g/mol. The van der Waals surface area contributed by atoms with Crippen LogP contribution in [-0.4, -0.2) is 24.0 Å². The van der Waals surface area contributed by atoms with E-state index in [-0.39, 0.29) is 12.1 Å². The second-order valence-corrected chi connectivity index (χ2v) is 6.75. The summed E-state index contributed by atoms with van der Waals surface area (Å²) in [5.74, 6) is 0.687. The van der Waals surface area contributed by atoms with Crippen LogP contribution in [0.5, 0.6) is 0 Å². The number of carbonyl (C=O) groups excluding carboxylic acids is 1. The molecule has 1 N–H and O–H groups in total. The molecule has 0 aromatic carbocycles. The number of thiophene rings is 1. The van der Waals surface area contributed by atoms with Crippen LogP contribution in [-0.2, 0) is 0 Å². The zero-order valence-electron chi connectivity index (χ0n) is 10.9. The first-order valence-corrected chi connectivity index (χ1v) is 7.47. The molecule has 18 heavy (non-hydrogen) atoms. The molecule has 1 heterocycles. The smallest absolute Gasteiger partial charge is 0.317 e. The van der Waals surface area contributed by atoms with E-state index in [1.165, 1.54) is 24.2 Å². The van der Waals surface area contributed by atoms with E-state index < -0.39 is 0 Å². The molecule has 2 rings (SSSR count). The molecule has 1 aromatic rings. The van der Waals surface area contributed by atoms with E-state index in [4.69, 9.17) is 11.6 Å². The lowest BCUT2D eigenvalue weighted by Crippen LogP contribution is -2.43. The first-order chi connectivity index (χ1) is 8.49. The van der Waals surface area contributed by atoms with E-state index >= 15 is 0 Å². The van der Waals surface area contributed by atoms with Gasteiger partial charge in [0.05, 0.1) is 10.4 Å². The van der Waals surface area contributed by atoms with Crippen molar-refractivity contribution in [2.24, 2.45) is 5.92 Å². The Kier molecular flexibility index (Phi) is 4.17. The Morgan fingerprint density at radius 1 is 1.50 bits per heavy atom. The number of nitrogens with zero attached hydrogens (tertiary/aromatic N) is 1. The Morgan fingerprint density at radius 3 is 2.67 bits per heavy atom. The van der Waals surface area contributed by atoms with Crippen molar-refractivity contribution in [3.63, 3.8) is 0 Å². The Hall–Kier alpha value is -0.740. The summed E-state index contributed by atoms with van der Waals surface area (Å²) in [5.41, 5.74) is 0. The maximum atomic E-state index is 12.1. The lowest BCUT2D eigenvalue weighted by atomic mass is 10.2. The Morgan fingerprint density at radius 2 is 2.17 bits per heavy atom. The highest BCUT2D eigenvalue weighted by molar-refractivity contribution is 7.16. The van der Waals surface area contributed by atoms with Gasteiger partial charge >= 0.3 is 6.03 Å². The van der Waals surface area contributed by atoms with Gasteiger partial charge in [0.15, 0.2) is 0 Å². The number of hydrogen-bond acceptors (Lipinski definition) is 2. The van der Waals surface area contributed by atoms with E-state index in [0.29, 0.717) is 12.0 Å². The largest absolute Gasteiger partial charge is 0.331 e. The van der Waals surface area contributed by atoms with Crippen LogP contribution in [0.2, 0.25) is 4.34 Å². The van der Waals surface area contributed by atoms with Gasteiger partial charge in [-0.3, -0.25) is 0 Å². The van der Waals surface area contributed by atoms with Gasteiger partial charge in [-0.1, -0.05) is 11.6 Å². The van der Waals surface area contributed by atoms with Gasteiger partial charge in [0.1, 0.15) is 0 Å². The molecule has 3 nitrogen and oxygen atoms in total. The number of rotatable bonds is 4. The van der Waals surface area contributed by atoms with Crippen molar-refractivity contribution >= 4 is 29.0 Å². The van der Waals surface area contributed by atoms with Gasteiger partial charge in [0, 0.05) is 18.0 Å². The zero-order chi connectivity index (χ0) is 13.3. The van der Waals surface area contributed by atoms with E-state index in [9.17, 15) is 4.79 Å². The lowest BCUT2D eigenvalue weighted by Gasteiger charge is -2.26. The summed E-state index contributed by atoms with van der Waals surface area (Å²) in [6.07, 6.45) is 2.49. The molecule has 2 unspecified atom stereocenters. The van der Waals surface area contributed by atoms with Crippen LogP contribution < -0.4 is 5.32 Å². The van der Waals surface area contributed by atoms with Crippen LogP contribution in [0.3, 0.4) is 0 Å². The monoisotopic (exact) mass is 286 g/mol. The van der Waals surface area contributed by atoms with E-state index in [2.05, 4.69) is 12.2 Å². The third-order valence-electron chi connectivity index (χ3n) is 3.60. The predicted octanol–water partition coefficient (Wildman–Crippen LogP) is 3.90. The summed E-state index contributed by atoms with van der Waals surface area (Å²) in [5, 5.41) is 3.01. The fourth-order valence-corrected chi connectivity index (χ4v) is 3.06. The molecule has 0 radical (unpaired) electrons. The van der Waals surface area contributed by atoms with Crippen molar-refractivity contribution in [1.29, 1.82) is 0 Å². The number of amides is 2. The fourth-order valence-electron chi connectivity index (χ4n) is 2.00. The van der Waals surface area contributed by atoms with Gasteiger partial charge in [0.2, 0.25) is 0 Å². The van der Waals surface area contributed by atoms with Crippen LogP contribution in [0.25, 0.3) is 0 Å². The SMILES string of the molecule is CC(NC(=O)N(C)C(C)C1CC1)c1ccc(Cl)s1. The molecule has 1 fully saturated rings. The average molecular weight is 287 g/mol. The molecule has 0 bridgehead atoms. The van der Waals surface area contributed by atoms with Gasteiger partial charge in [-0.25, -0.2) is 4.79 Å². The molecule has 2 atom stereocenters. The number of hydrogen-bond donors (Lipinski definition) is 1. The van der Waals surface area contributed by atoms with E-state index in [0.717, 1.165) is 9.21 Å². The minimum atomic E-state index is -0.00794. The normalized spacial score (nSPS) is 18.2. The second kappa shape index (κ2) is 5.49. The minimum absolute atomic E-state index is 0.00357. The van der Waals surface area contributed by atoms with Gasteiger partial charge < -0.3 is 10.2 Å². The van der Waals surface area contributed by atoms with Crippen molar-refractivity contribution in [3.8, 4) is 0 Å².